The number of rotatable bonds is 12. The second kappa shape index (κ2) is 13.3. The molecule has 0 spiro atoms. The van der Waals surface area contributed by atoms with Crippen molar-refractivity contribution in [3.63, 3.8) is 0 Å². The Morgan fingerprint density at radius 3 is 2.44 bits per heavy atom. The molecule has 206 valence electrons. The molecule has 2 aliphatic rings. The summed E-state index contributed by atoms with van der Waals surface area (Å²) < 4.78 is 22.0. The highest BCUT2D eigenvalue weighted by Gasteiger charge is 2.24. The van der Waals surface area contributed by atoms with E-state index in [1.165, 1.54) is 0 Å². The van der Waals surface area contributed by atoms with Crippen molar-refractivity contribution < 1.29 is 28.2 Å². The maximum atomic E-state index is 13.7. The second-order valence-corrected chi connectivity index (χ2v) is 9.80. The quantitative estimate of drug-likeness (QED) is 0.353. The van der Waals surface area contributed by atoms with Crippen molar-refractivity contribution in [1.82, 2.24) is 14.7 Å². The number of carbonyl (C=O) groups is 2. The van der Waals surface area contributed by atoms with Gasteiger partial charge in [0.05, 0.1) is 39.0 Å². The molecule has 5 rings (SSSR count). The fourth-order valence-corrected chi connectivity index (χ4v) is 4.83. The minimum absolute atomic E-state index is 0.0000381. The van der Waals surface area contributed by atoms with Crippen molar-refractivity contribution in [3.8, 4) is 11.5 Å². The van der Waals surface area contributed by atoms with Crippen molar-refractivity contribution in [2.75, 3.05) is 52.7 Å². The Morgan fingerprint density at radius 2 is 1.64 bits per heavy atom. The highest BCUT2D eigenvalue weighted by atomic mass is 16.7. The van der Waals surface area contributed by atoms with Crippen LogP contribution in [0.3, 0.4) is 0 Å². The van der Waals surface area contributed by atoms with E-state index >= 15 is 0 Å². The van der Waals surface area contributed by atoms with Crippen molar-refractivity contribution >= 4 is 11.8 Å². The number of nitrogens with zero attached hydrogens (tertiary/aromatic N) is 3. The fourth-order valence-electron chi connectivity index (χ4n) is 4.83. The third-order valence-corrected chi connectivity index (χ3v) is 6.97. The molecule has 0 bridgehead atoms. The van der Waals surface area contributed by atoms with Gasteiger partial charge in [0.25, 0.3) is 0 Å². The molecule has 9 heteroatoms. The van der Waals surface area contributed by atoms with Gasteiger partial charge in [0.2, 0.25) is 18.6 Å². The first-order chi connectivity index (χ1) is 19.1. The third-order valence-electron chi connectivity index (χ3n) is 6.97. The molecule has 2 amide bonds. The number of benzene rings is 2. The average molecular weight is 534 g/mol. The van der Waals surface area contributed by atoms with Crippen molar-refractivity contribution in [2.24, 2.45) is 0 Å². The number of hydrogen-bond acceptors (Lipinski definition) is 7. The van der Waals surface area contributed by atoms with Crippen LogP contribution in [0.15, 0.2) is 71.3 Å². The largest absolute Gasteiger partial charge is 0.467 e. The molecule has 3 heterocycles. The smallest absolute Gasteiger partial charge is 0.242 e. The summed E-state index contributed by atoms with van der Waals surface area (Å²) in [5.41, 5.74) is 1.84. The van der Waals surface area contributed by atoms with Crippen molar-refractivity contribution in [1.29, 1.82) is 0 Å². The fraction of sp³-hybridized carbons (Fsp3) is 0.400. The monoisotopic (exact) mass is 533 g/mol. The van der Waals surface area contributed by atoms with E-state index < -0.39 is 0 Å². The molecule has 0 radical (unpaired) electrons. The molecule has 3 aromatic rings. The van der Waals surface area contributed by atoms with Gasteiger partial charge in [-0.15, -0.1) is 0 Å². The molecule has 2 aliphatic heterocycles. The highest BCUT2D eigenvalue weighted by molar-refractivity contribution is 5.86. The van der Waals surface area contributed by atoms with Gasteiger partial charge in [-0.05, 0) is 41.8 Å². The lowest BCUT2D eigenvalue weighted by atomic mass is 10.1. The molecule has 39 heavy (non-hydrogen) atoms. The van der Waals surface area contributed by atoms with Crippen LogP contribution in [0.1, 0.15) is 23.3 Å². The zero-order chi connectivity index (χ0) is 26.9. The Morgan fingerprint density at radius 1 is 0.821 bits per heavy atom. The predicted molar refractivity (Wildman–Crippen MR) is 144 cm³/mol. The van der Waals surface area contributed by atoms with E-state index in [0.29, 0.717) is 36.9 Å². The van der Waals surface area contributed by atoms with Gasteiger partial charge < -0.3 is 28.4 Å². The first kappa shape index (κ1) is 26.8. The number of ether oxygens (including phenoxy) is 3. The number of carbonyl (C=O) groups excluding carboxylic acids is 2. The first-order valence-electron chi connectivity index (χ1n) is 13.4. The Balaban J connectivity index is 1.28. The van der Waals surface area contributed by atoms with Crippen LogP contribution in [0.2, 0.25) is 0 Å². The number of amides is 2. The summed E-state index contributed by atoms with van der Waals surface area (Å²) >= 11 is 0. The zero-order valence-electron chi connectivity index (χ0n) is 22.1. The summed E-state index contributed by atoms with van der Waals surface area (Å²) in [6, 6.07) is 19.0. The van der Waals surface area contributed by atoms with Crippen LogP contribution in [0.5, 0.6) is 11.5 Å². The summed E-state index contributed by atoms with van der Waals surface area (Å²) in [4.78, 5) is 32.9. The Kier molecular flexibility index (Phi) is 9.13. The number of furan rings is 1. The average Bonchev–Trinajstić information content (AvgIpc) is 3.65. The van der Waals surface area contributed by atoms with Crippen LogP contribution >= 0.6 is 0 Å². The van der Waals surface area contributed by atoms with Gasteiger partial charge in [0.1, 0.15) is 5.76 Å². The van der Waals surface area contributed by atoms with E-state index in [0.717, 1.165) is 50.4 Å². The number of fused-ring (bicyclic) bond motifs is 1. The Hall–Kier alpha value is -3.82. The molecule has 2 aromatic carbocycles. The maximum absolute atomic E-state index is 13.7. The van der Waals surface area contributed by atoms with Crippen molar-refractivity contribution in [2.45, 2.75) is 25.9 Å². The molecule has 0 saturated carbocycles. The minimum Gasteiger partial charge on any atom is -0.467 e. The minimum atomic E-state index is -0.142. The van der Waals surface area contributed by atoms with Crippen LogP contribution in [-0.4, -0.2) is 79.2 Å². The van der Waals surface area contributed by atoms with E-state index in [4.69, 9.17) is 18.6 Å². The number of morpholine rings is 1. The SMILES string of the molecule is O=C(Cc1ccccc1)N(CCCN1CCOCC1)CC(=O)N(Cc1ccc2c(c1)OCO2)Cc1ccco1. The second-order valence-electron chi connectivity index (χ2n) is 9.80. The van der Waals surface area contributed by atoms with Gasteiger partial charge in [0, 0.05) is 32.7 Å². The normalized spacial score (nSPS) is 14.8. The topological polar surface area (TPSA) is 84.7 Å². The summed E-state index contributed by atoms with van der Waals surface area (Å²) in [6.07, 6.45) is 2.64. The Labute approximate surface area is 228 Å². The van der Waals surface area contributed by atoms with Gasteiger partial charge >= 0.3 is 0 Å². The van der Waals surface area contributed by atoms with Gasteiger partial charge in [0.15, 0.2) is 11.5 Å². The number of hydrogen-bond donors (Lipinski definition) is 0. The van der Waals surface area contributed by atoms with Crippen LogP contribution < -0.4 is 9.47 Å². The van der Waals surface area contributed by atoms with E-state index in [9.17, 15) is 9.59 Å². The lowest BCUT2D eigenvalue weighted by molar-refractivity contribution is -0.141. The molecule has 1 fully saturated rings. The summed E-state index contributed by atoms with van der Waals surface area (Å²) in [6.45, 7) is 5.46. The summed E-state index contributed by atoms with van der Waals surface area (Å²) in [5, 5.41) is 0. The predicted octanol–water partition coefficient (Wildman–Crippen LogP) is 3.33. The van der Waals surface area contributed by atoms with E-state index in [-0.39, 0.29) is 31.6 Å². The van der Waals surface area contributed by atoms with Crippen LogP contribution in [-0.2, 0) is 33.8 Å². The lowest BCUT2D eigenvalue weighted by Crippen LogP contribution is -2.44. The molecule has 0 aliphatic carbocycles. The van der Waals surface area contributed by atoms with Gasteiger partial charge in [-0.2, -0.15) is 0 Å². The molecule has 1 aromatic heterocycles. The third kappa shape index (κ3) is 7.61. The molecule has 1 saturated heterocycles. The zero-order valence-corrected chi connectivity index (χ0v) is 22.1. The van der Waals surface area contributed by atoms with Gasteiger partial charge in [-0.1, -0.05) is 36.4 Å². The molecule has 0 atom stereocenters. The van der Waals surface area contributed by atoms with Crippen LogP contribution in [0, 0.1) is 0 Å². The summed E-state index contributed by atoms with van der Waals surface area (Å²) in [5.74, 6) is 1.84. The molecular weight excluding hydrogens is 498 g/mol. The highest BCUT2D eigenvalue weighted by Crippen LogP contribution is 2.33. The van der Waals surface area contributed by atoms with E-state index in [2.05, 4.69) is 4.90 Å². The van der Waals surface area contributed by atoms with Gasteiger partial charge in [-0.25, -0.2) is 0 Å². The molecule has 0 unspecified atom stereocenters. The maximum Gasteiger partial charge on any atom is 0.242 e. The van der Waals surface area contributed by atoms with E-state index in [1.807, 2.05) is 54.6 Å². The molecule has 0 N–H and O–H groups in total. The van der Waals surface area contributed by atoms with Gasteiger partial charge in [-0.3, -0.25) is 14.5 Å². The standard InChI is InChI=1S/C30H35N3O6/c34-29(19-24-6-2-1-3-7-24)32(12-5-11-31-13-16-36-17-14-31)22-30(35)33(21-26-8-4-15-37-26)20-25-9-10-27-28(18-25)39-23-38-27/h1-4,6-10,15,18H,5,11-14,16-17,19-23H2. The van der Waals surface area contributed by atoms with Crippen LogP contribution in [0.4, 0.5) is 0 Å². The van der Waals surface area contributed by atoms with E-state index in [1.54, 1.807) is 22.1 Å². The Bertz CT molecular complexity index is 1210. The lowest BCUT2D eigenvalue weighted by Gasteiger charge is -2.30. The van der Waals surface area contributed by atoms with Crippen molar-refractivity contribution in [3.05, 3.63) is 83.8 Å². The summed E-state index contributed by atoms with van der Waals surface area (Å²) in [7, 11) is 0. The first-order valence-corrected chi connectivity index (χ1v) is 13.4. The molecule has 9 nitrogen and oxygen atoms in total. The van der Waals surface area contributed by atoms with Crippen LogP contribution in [0.25, 0.3) is 0 Å². The molecular formula is C30H35N3O6.